The molecule has 0 saturated heterocycles. The van der Waals surface area contributed by atoms with Crippen LogP contribution in [-0.2, 0) is 19.1 Å². The number of ether oxygens (including phenoxy) is 3. The van der Waals surface area contributed by atoms with Gasteiger partial charge in [-0.1, -0.05) is 0 Å². The molecule has 1 rings (SSSR count). The van der Waals surface area contributed by atoms with E-state index in [9.17, 15) is 9.59 Å². The fourth-order valence-corrected chi connectivity index (χ4v) is 4.29. The molecule has 0 N–H and O–H groups in total. The Kier molecular flexibility index (Phi) is 6.46. The molecule has 0 heterocycles. The van der Waals surface area contributed by atoms with E-state index >= 15 is 0 Å². The van der Waals surface area contributed by atoms with Crippen molar-refractivity contribution in [3.05, 3.63) is 36.9 Å². The number of allylic oxidation sites excluding steroid dienone is 1. The Hall–Kier alpha value is -1.78. The molecule has 0 radical (unpaired) electrons. The number of methoxy groups -OCH3 is 3. The topological polar surface area (TPSA) is 61.8 Å². The van der Waals surface area contributed by atoms with Gasteiger partial charge in [0.25, 0.3) is 0 Å². The van der Waals surface area contributed by atoms with Crippen LogP contribution in [0.2, 0.25) is 4.31 Å². The van der Waals surface area contributed by atoms with Gasteiger partial charge in [0, 0.05) is 0 Å². The van der Waals surface area contributed by atoms with E-state index in [2.05, 4.69) is 6.58 Å². The van der Waals surface area contributed by atoms with Crippen LogP contribution in [0.25, 0.3) is 0 Å². The van der Waals surface area contributed by atoms with Crippen LogP contribution in [0.3, 0.4) is 0 Å². The zero-order chi connectivity index (χ0) is 15.9. The van der Waals surface area contributed by atoms with Gasteiger partial charge in [0.05, 0.1) is 0 Å². The Morgan fingerprint density at radius 3 is 2.05 bits per heavy atom. The number of hydrogen-bond donors (Lipinski definition) is 0. The summed E-state index contributed by atoms with van der Waals surface area (Å²) in [6.07, 6.45) is 1.69. The summed E-state index contributed by atoms with van der Waals surface area (Å²) in [6.45, 7) is 3.62. The van der Waals surface area contributed by atoms with E-state index in [-0.39, 0.29) is 6.42 Å². The fourth-order valence-electron chi connectivity index (χ4n) is 1.75. The van der Waals surface area contributed by atoms with E-state index in [1.165, 1.54) is 20.3 Å². The van der Waals surface area contributed by atoms with E-state index in [1.807, 2.05) is 12.1 Å². The van der Waals surface area contributed by atoms with Crippen LogP contribution in [0.4, 0.5) is 0 Å². The molecule has 0 aliphatic heterocycles. The number of hydrogen-bond acceptors (Lipinski definition) is 5. The van der Waals surface area contributed by atoms with Gasteiger partial charge in [-0.25, -0.2) is 0 Å². The van der Waals surface area contributed by atoms with Gasteiger partial charge >= 0.3 is 130 Å². The second-order valence-electron chi connectivity index (χ2n) is 4.08. The quantitative estimate of drug-likeness (QED) is 0.317. The van der Waals surface area contributed by atoms with E-state index in [0.29, 0.717) is 5.75 Å². The molecule has 5 nitrogen and oxygen atoms in total. The van der Waals surface area contributed by atoms with Gasteiger partial charge in [-0.15, -0.1) is 0 Å². The van der Waals surface area contributed by atoms with Gasteiger partial charge in [0.1, 0.15) is 0 Å². The molecule has 0 spiro atoms. The van der Waals surface area contributed by atoms with Crippen molar-refractivity contribution in [3.8, 4) is 5.75 Å². The zero-order valence-corrected chi connectivity index (χ0v) is 14.0. The first-order chi connectivity index (χ1) is 10.0. The van der Waals surface area contributed by atoms with Gasteiger partial charge in [-0.3, -0.25) is 0 Å². The van der Waals surface area contributed by atoms with Crippen molar-refractivity contribution in [1.82, 2.24) is 0 Å². The molecule has 6 heteroatoms. The minimum atomic E-state index is -1.35. The number of rotatable bonds is 7. The predicted molar refractivity (Wildman–Crippen MR) is 79.9 cm³/mol. The number of esters is 2. The number of benzene rings is 1. The molecule has 0 unspecified atom stereocenters. The van der Waals surface area contributed by atoms with Crippen molar-refractivity contribution in [1.29, 1.82) is 0 Å². The monoisotopic (exact) mass is 358 g/mol. The van der Waals surface area contributed by atoms with Crippen LogP contribution >= 0.6 is 0 Å². The summed E-state index contributed by atoms with van der Waals surface area (Å²) in [6, 6.07) is 7.21. The van der Waals surface area contributed by atoms with Gasteiger partial charge in [0.15, 0.2) is 0 Å². The number of carbonyl (C=O) groups excluding carboxylic acids is 2. The molecular formula is C15H18O5Se. The second-order valence-corrected chi connectivity index (χ2v) is 6.96. The van der Waals surface area contributed by atoms with Crippen molar-refractivity contribution in [2.75, 3.05) is 21.3 Å². The number of carbonyl (C=O) groups is 2. The third-order valence-electron chi connectivity index (χ3n) is 2.81. The molecule has 0 atom stereocenters. The Labute approximate surface area is 130 Å². The molecule has 1 aromatic rings. The Morgan fingerprint density at radius 1 is 1.14 bits per heavy atom. The summed E-state index contributed by atoms with van der Waals surface area (Å²) < 4.78 is 14.2. The molecule has 21 heavy (non-hydrogen) atoms. The molecule has 0 aromatic heterocycles. The van der Waals surface area contributed by atoms with Crippen LogP contribution < -0.4 is 9.20 Å². The molecule has 114 valence electrons. The summed E-state index contributed by atoms with van der Waals surface area (Å²) >= 11 is -0.506. The Morgan fingerprint density at radius 2 is 1.67 bits per heavy atom. The first-order valence-corrected chi connectivity index (χ1v) is 7.86. The fraction of sp³-hybridized carbons (Fsp3) is 0.333. The van der Waals surface area contributed by atoms with Crippen LogP contribution in [-0.4, -0.2) is 48.2 Å². The van der Waals surface area contributed by atoms with Crippen molar-refractivity contribution in [3.63, 3.8) is 0 Å². The minimum absolute atomic E-state index is 0.165. The zero-order valence-electron chi connectivity index (χ0n) is 12.3. The third-order valence-corrected chi connectivity index (χ3v) is 5.66. The second kappa shape index (κ2) is 7.86. The van der Waals surface area contributed by atoms with Crippen molar-refractivity contribution >= 4 is 31.4 Å². The van der Waals surface area contributed by atoms with Crippen LogP contribution in [0.1, 0.15) is 6.42 Å². The molecular weight excluding hydrogens is 339 g/mol. The van der Waals surface area contributed by atoms with Gasteiger partial charge in [-0.05, 0) is 0 Å². The van der Waals surface area contributed by atoms with E-state index < -0.39 is 31.2 Å². The van der Waals surface area contributed by atoms with Gasteiger partial charge in [-0.2, -0.15) is 0 Å². The molecule has 0 amide bonds. The molecule has 0 fully saturated rings. The summed E-state index contributed by atoms with van der Waals surface area (Å²) in [5.74, 6) is -0.504. The average molecular weight is 357 g/mol. The molecule has 1 aromatic carbocycles. The van der Waals surface area contributed by atoms with E-state index in [1.54, 1.807) is 19.2 Å². The van der Waals surface area contributed by atoms with Crippen molar-refractivity contribution in [2.45, 2.75) is 10.7 Å². The molecule has 0 bridgehead atoms. The Balaban J connectivity index is 3.17. The van der Waals surface area contributed by atoms with E-state index in [0.717, 1.165) is 4.46 Å². The van der Waals surface area contributed by atoms with Gasteiger partial charge < -0.3 is 0 Å². The maximum absolute atomic E-state index is 12.2. The summed E-state index contributed by atoms with van der Waals surface area (Å²) in [4.78, 5) is 24.3. The predicted octanol–water partition coefficient (Wildman–Crippen LogP) is 1.11. The first-order valence-electron chi connectivity index (χ1n) is 6.15. The molecule has 0 aliphatic carbocycles. The van der Waals surface area contributed by atoms with Gasteiger partial charge in [0.2, 0.25) is 0 Å². The summed E-state index contributed by atoms with van der Waals surface area (Å²) in [5, 5.41) is 0. The maximum atomic E-state index is 12.2. The van der Waals surface area contributed by atoms with Crippen LogP contribution in [0, 0.1) is 0 Å². The first kappa shape index (κ1) is 17.3. The standard InChI is InChI=1S/C15H18O5Se/c1-5-10-15(13(16)19-3,14(17)20-4)21-12-8-6-11(18-2)7-9-12/h5-9H,1,10H2,2-4H3. The SMILES string of the molecule is C=CCC([Se]c1ccc(OC)cc1)(C(=O)OC)C(=O)OC. The van der Waals surface area contributed by atoms with Crippen LogP contribution in [0.15, 0.2) is 36.9 Å². The molecule has 0 aliphatic rings. The average Bonchev–Trinajstić information content (AvgIpc) is 2.53. The summed E-state index contributed by atoms with van der Waals surface area (Å²) in [5.41, 5.74) is 0. The third kappa shape index (κ3) is 3.86. The Bertz CT molecular complexity index is 493. The van der Waals surface area contributed by atoms with Crippen LogP contribution in [0.5, 0.6) is 5.75 Å². The normalized spacial score (nSPS) is 10.6. The molecule has 0 saturated carbocycles. The summed E-state index contributed by atoms with van der Waals surface area (Å²) in [7, 11) is 4.09. The van der Waals surface area contributed by atoms with Crippen molar-refractivity contribution in [2.24, 2.45) is 0 Å². The van der Waals surface area contributed by atoms with Crippen molar-refractivity contribution < 1.29 is 23.8 Å². The van der Waals surface area contributed by atoms with E-state index in [4.69, 9.17) is 14.2 Å².